The Morgan fingerprint density at radius 1 is 1.48 bits per heavy atom. The Kier molecular flexibility index (Phi) is 5.44. The van der Waals surface area contributed by atoms with Crippen LogP contribution in [0, 0.1) is 5.92 Å². The maximum absolute atomic E-state index is 12.0. The van der Waals surface area contributed by atoms with Gasteiger partial charge in [-0.25, -0.2) is 0 Å². The summed E-state index contributed by atoms with van der Waals surface area (Å²) in [6, 6.07) is 5.23. The summed E-state index contributed by atoms with van der Waals surface area (Å²) in [5.74, 6) is 1.44. The average Bonchev–Trinajstić information content (AvgIpc) is 2.41. The van der Waals surface area contributed by atoms with Crippen molar-refractivity contribution in [3.63, 3.8) is 0 Å². The van der Waals surface area contributed by atoms with Crippen LogP contribution in [0.1, 0.15) is 25.7 Å². The van der Waals surface area contributed by atoms with Crippen molar-refractivity contribution in [1.82, 2.24) is 4.90 Å². The van der Waals surface area contributed by atoms with Gasteiger partial charge in [-0.3, -0.25) is 4.79 Å². The highest BCUT2D eigenvalue weighted by Gasteiger charge is 2.19. The molecule has 0 atom stereocenters. The van der Waals surface area contributed by atoms with Crippen LogP contribution in [0.15, 0.2) is 18.2 Å². The molecule has 0 saturated heterocycles. The van der Waals surface area contributed by atoms with Crippen LogP contribution < -0.4 is 15.8 Å². The van der Waals surface area contributed by atoms with Gasteiger partial charge in [0, 0.05) is 25.2 Å². The summed E-state index contributed by atoms with van der Waals surface area (Å²) in [5.41, 5.74) is 6.98. The number of amides is 1. The number of carbonyl (C=O) groups excluding carboxylic acids is 1. The second-order valence-electron chi connectivity index (χ2n) is 5.82. The highest BCUT2D eigenvalue weighted by atomic mass is 16.5. The second-order valence-corrected chi connectivity index (χ2v) is 5.82. The van der Waals surface area contributed by atoms with E-state index in [1.807, 2.05) is 0 Å². The fourth-order valence-corrected chi connectivity index (χ4v) is 2.54. The van der Waals surface area contributed by atoms with Crippen molar-refractivity contribution < 1.29 is 9.53 Å². The number of nitrogens with two attached hydrogens (primary N) is 1. The van der Waals surface area contributed by atoms with E-state index in [2.05, 4.69) is 17.3 Å². The zero-order valence-electron chi connectivity index (χ0n) is 12.9. The van der Waals surface area contributed by atoms with Gasteiger partial charge >= 0.3 is 0 Å². The Bertz CT molecular complexity index is 486. The van der Waals surface area contributed by atoms with E-state index >= 15 is 0 Å². The van der Waals surface area contributed by atoms with E-state index < -0.39 is 0 Å². The summed E-state index contributed by atoms with van der Waals surface area (Å²) in [4.78, 5) is 14.3. The van der Waals surface area contributed by atoms with Crippen molar-refractivity contribution in [3.8, 4) is 5.75 Å². The van der Waals surface area contributed by atoms with Crippen LogP contribution in [0.2, 0.25) is 0 Å². The van der Waals surface area contributed by atoms with E-state index in [-0.39, 0.29) is 5.91 Å². The van der Waals surface area contributed by atoms with Crippen LogP contribution in [0.3, 0.4) is 0 Å². The molecule has 1 saturated carbocycles. The van der Waals surface area contributed by atoms with Crippen LogP contribution in [-0.4, -0.2) is 38.1 Å². The Morgan fingerprint density at radius 3 is 2.86 bits per heavy atom. The molecule has 5 nitrogen and oxygen atoms in total. The number of rotatable bonds is 7. The Balaban J connectivity index is 1.79. The quantitative estimate of drug-likeness (QED) is 0.757. The number of methoxy groups -OCH3 is 1. The predicted molar refractivity (Wildman–Crippen MR) is 85.5 cm³/mol. The molecule has 116 valence electrons. The maximum atomic E-state index is 12.0. The standard InChI is InChI=1S/C16H25N3O2/c1-19(11-12-4-3-5-12)9-8-16(20)18-14-10-13(17)6-7-15(14)21-2/h6-7,10,12H,3-5,8-9,11,17H2,1-2H3,(H,18,20). The number of nitrogens with zero attached hydrogens (tertiary/aromatic N) is 1. The van der Waals surface area contributed by atoms with E-state index in [1.54, 1.807) is 25.3 Å². The highest BCUT2D eigenvalue weighted by molar-refractivity contribution is 5.93. The van der Waals surface area contributed by atoms with Crippen molar-refractivity contribution in [3.05, 3.63) is 18.2 Å². The number of nitrogen functional groups attached to an aromatic ring is 1. The van der Waals surface area contributed by atoms with Gasteiger partial charge < -0.3 is 20.7 Å². The summed E-state index contributed by atoms with van der Waals surface area (Å²) >= 11 is 0. The third-order valence-electron chi connectivity index (χ3n) is 4.01. The molecule has 0 heterocycles. The fourth-order valence-electron chi connectivity index (χ4n) is 2.54. The summed E-state index contributed by atoms with van der Waals surface area (Å²) in [7, 11) is 3.65. The van der Waals surface area contributed by atoms with Crippen molar-refractivity contribution in [2.24, 2.45) is 5.92 Å². The topological polar surface area (TPSA) is 67.6 Å². The number of benzene rings is 1. The van der Waals surface area contributed by atoms with Crippen LogP contribution in [0.4, 0.5) is 11.4 Å². The van der Waals surface area contributed by atoms with Gasteiger partial charge in [-0.2, -0.15) is 0 Å². The smallest absolute Gasteiger partial charge is 0.225 e. The molecule has 0 radical (unpaired) electrons. The molecule has 0 aliphatic heterocycles. The molecular formula is C16H25N3O2. The zero-order valence-corrected chi connectivity index (χ0v) is 12.9. The maximum Gasteiger partial charge on any atom is 0.225 e. The normalized spacial score (nSPS) is 14.8. The van der Waals surface area contributed by atoms with E-state index in [0.717, 1.165) is 19.0 Å². The lowest BCUT2D eigenvalue weighted by atomic mass is 9.85. The predicted octanol–water partition coefficient (Wildman–Crippen LogP) is 2.34. The van der Waals surface area contributed by atoms with E-state index in [9.17, 15) is 4.79 Å². The van der Waals surface area contributed by atoms with Gasteiger partial charge in [0.2, 0.25) is 5.91 Å². The third-order valence-corrected chi connectivity index (χ3v) is 4.01. The molecule has 1 amide bonds. The lowest BCUT2D eigenvalue weighted by Gasteiger charge is -2.30. The minimum absolute atomic E-state index is 0.0145. The first-order valence-electron chi connectivity index (χ1n) is 7.50. The van der Waals surface area contributed by atoms with Gasteiger partial charge in [0.25, 0.3) is 0 Å². The first-order chi connectivity index (χ1) is 10.1. The summed E-state index contributed by atoms with van der Waals surface area (Å²) in [6.45, 7) is 1.86. The van der Waals surface area contributed by atoms with Crippen molar-refractivity contribution in [1.29, 1.82) is 0 Å². The minimum atomic E-state index is -0.0145. The number of hydrogen-bond acceptors (Lipinski definition) is 4. The van der Waals surface area contributed by atoms with E-state index in [1.165, 1.54) is 19.3 Å². The van der Waals surface area contributed by atoms with Gasteiger partial charge in [0.05, 0.1) is 12.8 Å². The van der Waals surface area contributed by atoms with Crippen LogP contribution >= 0.6 is 0 Å². The van der Waals surface area contributed by atoms with Crippen molar-refractivity contribution in [2.45, 2.75) is 25.7 Å². The lowest BCUT2D eigenvalue weighted by molar-refractivity contribution is -0.116. The van der Waals surface area contributed by atoms with Crippen molar-refractivity contribution in [2.75, 3.05) is 38.3 Å². The molecule has 1 aliphatic rings. The highest BCUT2D eigenvalue weighted by Crippen LogP contribution is 2.27. The van der Waals surface area contributed by atoms with Crippen LogP contribution in [0.25, 0.3) is 0 Å². The summed E-state index contributed by atoms with van der Waals surface area (Å²) in [6.07, 6.45) is 4.49. The van der Waals surface area contributed by atoms with E-state index in [0.29, 0.717) is 23.5 Å². The SMILES string of the molecule is COc1ccc(N)cc1NC(=O)CCN(C)CC1CCC1. The summed E-state index contributed by atoms with van der Waals surface area (Å²) < 4.78 is 5.22. The fraction of sp³-hybridized carbons (Fsp3) is 0.562. The van der Waals surface area contributed by atoms with Gasteiger partial charge in [-0.15, -0.1) is 0 Å². The van der Waals surface area contributed by atoms with Crippen molar-refractivity contribution >= 4 is 17.3 Å². The molecule has 1 aromatic carbocycles. The number of carbonyl (C=O) groups is 1. The number of nitrogens with one attached hydrogen (secondary N) is 1. The molecule has 1 aromatic rings. The van der Waals surface area contributed by atoms with Gasteiger partial charge in [0.1, 0.15) is 5.75 Å². The average molecular weight is 291 g/mol. The monoisotopic (exact) mass is 291 g/mol. The molecule has 5 heteroatoms. The third kappa shape index (κ3) is 4.63. The zero-order chi connectivity index (χ0) is 15.2. The van der Waals surface area contributed by atoms with Crippen LogP contribution in [0.5, 0.6) is 5.75 Å². The minimum Gasteiger partial charge on any atom is -0.495 e. The lowest BCUT2D eigenvalue weighted by Crippen LogP contribution is -2.31. The Labute approximate surface area is 126 Å². The molecular weight excluding hydrogens is 266 g/mol. The number of anilines is 2. The summed E-state index contributed by atoms with van der Waals surface area (Å²) in [5, 5.41) is 2.87. The van der Waals surface area contributed by atoms with Gasteiger partial charge in [-0.05, 0) is 44.0 Å². The molecule has 1 fully saturated rings. The first kappa shape index (κ1) is 15.6. The number of hydrogen-bond donors (Lipinski definition) is 2. The molecule has 0 spiro atoms. The molecule has 0 aromatic heterocycles. The van der Waals surface area contributed by atoms with Gasteiger partial charge in [-0.1, -0.05) is 6.42 Å². The molecule has 1 aliphatic carbocycles. The molecule has 3 N–H and O–H groups in total. The molecule has 0 unspecified atom stereocenters. The molecule has 21 heavy (non-hydrogen) atoms. The molecule has 0 bridgehead atoms. The Morgan fingerprint density at radius 2 is 2.24 bits per heavy atom. The van der Waals surface area contributed by atoms with Gasteiger partial charge in [0.15, 0.2) is 0 Å². The second kappa shape index (κ2) is 7.31. The Hall–Kier alpha value is -1.75. The number of ether oxygens (including phenoxy) is 1. The largest absolute Gasteiger partial charge is 0.495 e. The molecule has 2 rings (SSSR count). The first-order valence-corrected chi connectivity index (χ1v) is 7.50. The van der Waals surface area contributed by atoms with Crippen LogP contribution in [-0.2, 0) is 4.79 Å². The van der Waals surface area contributed by atoms with E-state index in [4.69, 9.17) is 10.5 Å².